The van der Waals surface area contributed by atoms with Gasteiger partial charge in [0.25, 0.3) is 0 Å². The molecule has 4 heteroatoms. The predicted molar refractivity (Wildman–Crippen MR) is 66.3 cm³/mol. The second-order valence-electron chi connectivity index (χ2n) is 4.14. The Morgan fingerprint density at radius 2 is 2.07 bits per heavy atom. The fourth-order valence-corrected chi connectivity index (χ4v) is 2.01. The highest BCUT2D eigenvalue weighted by Crippen LogP contribution is 2.10. The molecule has 0 saturated heterocycles. The van der Waals surface area contributed by atoms with Crippen molar-refractivity contribution in [1.29, 1.82) is 0 Å². The Morgan fingerprint density at radius 3 is 2.67 bits per heavy atom. The topological polar surface area (TPSA) is 37.0 Å². The Balaban J connectivity index is 2.00. The van der Waals surface area contributed by atoms with Gasteiger partial charge in [0, 0.05) is 24.5 Å². The molecule has 0 radical (unpaired) electrons. The van der Waals surface area contributed by atoms with Crippen LogP contribution in [0.5, 0.6) is 0 Å². The minimum atomic E-state index is 0.730. The first-order valence-electron chi connectivity index (χ1n) is 5.50. The molecule has 0 unspecified atom stereocenters. The van der Waals surface area contributed by atoms with Gasteiger partial charge in [0.15, 0.2) is 0 Å². The highest BCUT2D eigenvalue weighted by Gasteiger charge is 1.99. The van der Waals surface area contributed by atoms with E-state index in [4.69, 9.17) is 0 Å². The van der Waals surface area contributed by atoms with Crippen LogP contribution in [-0.4, -0.2) is 24.6 Å². The molecule has 1 rings (SSSR count). The van der Waals surface area contributed by atoms with Crippen molar-refractivity contribution in [1.82, 2.24) is 15.6 Å². The maximum absolute atomic E-state index is 4.22. The molecule has 0 saturated carbocycles. The summed E-state index contributed by atoms with van der Waals surface area (Å²) in [6, 6.07) is 0. The van der Waals surface area contributed by atoms with Gasteiger partial charge >= 0.3 is 0 Å². The van der Waals surface area contributed by atoms with E-state index in [1.165, 1.54) is 4.88 Å². The molecular weight excluding hydrogens is 206 g/mol. The van der Waals surface area contributed by atoms with Gasteiger partial charge in [-0.15, -0.1) is 11.3 Å². The van der Waals surface area contributed by atoms with Crippen molar-refractivity contribution >= 4 is 11.3 Å². The average molecular weight is 227 g/mol. The second-order valence-corrected chi connectivity index (χ2v) is 5.08. The van der Waals surface area contributed by atoms with Crippen LogP contribution >= 0.6 is 11.3 Å². The van der Waals surface area contributed by atoms with E-state index in [2.05, 4.69) is 36.4 Å². The van der Waals surface area contributed by atoms with Crippen LogP contribution in [0, 0.1) is 12.8 Å². The summed E-state index contributed by atoms with van der Waals surface area (Å²) in [7, 11) is 0. The SMILES string of the molecule is Cc1ncsc1CNCCNCC(C)C. The first-order valence-corrected chi connectivity index (χ1v) is 6.38. The molecule has 1 aromatic rings. The maximum Gasteiger partial charge on any atom is 0.0798 e. The molecule has 0 aliphatic carbocycles. The summed E-state index contributed by atoms with van der Waals surface area (Å²) in [5, 5.41) is 6.82. The van der Waals surface area contributed by atoms with E-state index in [0.717, 1.165) is 37.8 Å². The number of hydrogen-bond donors (Lipinski definition) is 2. The van der Waals surface area contributed by atoms with Gasteiger partial charge in [-0.3, -0.25) is 0 Å². The van der Waals surface area contributed by atoms with E-state index in [9.17, 15) is 0 Å². The molecule has 0 spiro atoms. The lowest BCUT2D eigenvalue weighted by Gasteiger charge is -2.07. The van der Waals surface area contributed by atoms with Crippen LogP contribution in [0.3, 0.4) is 0 Å². The first-order chi connectivity index (χ1) is 7.20. The molecule has 1 aromatic heterocycles. The average Bonchev–Trinajstić information content (AvgIpc) is 2.57. The van der Waals surface area contributed by atoms with Gasteiger partial charge in [-0.1, -0.05) is 13.8 Å². The van der Waals surface area contributed by atoms with Crippen LogP contribution in [-0.2, 0) is 6.54 Å². The van der Waals surface area contributed by atoms with Gasteiger partial charge in [-0.2, -0.15) is 0 Å². The first kappa shape index (κ1) is 12.6. The molecule has 0 aromatic carbocycles. The molecule has 86 valence electrons. The Bertz CT molecular complexity index is 271. The molecule has 0 fully saturated rings. The van der Waals surface area contributed by atoms with E-state index in [-0.39, 0.29) is 0 Å². The van der Waals surface area contributed by atoms with Crippen LogP contribution in [0.15, 0.2) is 5.51 Å². The minimum Gasteiger partial charge on any atom is -0.315 e. The fourth-order valence-electron chi connectivity index (χ4n) is 1.27. The van der Waals surface area contributed by atoms with E-state index in [1.54, 1.807) is 11.3 Å². The van der Waals surface area contributed by atoms with Crippen molar-refractivity contribution in [3.05, 3.63) is 16.1 Å². The lowest BCUT2D eigenvalue weighted by molar-refractivity contribution is 0.536. The Morgan fingerprint density at radius 1 is 1.33 bits per heavy atom. The number of hydrogen-bond acceptors (Lipinski definition) is 4. The van der Waals surface area contributed by atoms with Crippen molar-refractivity contribution in [2.24, 2.45) is 5.92 Å². The van der Waals surface area contributed by atoms with Crippen molar-refractivity contribution in [2.75, 3.05) is 19.6 Å². The lowest BCUT2D eigenvalue weighted by Crippen LogP contribution is -2.29. The van der Waals surface area contributed by atoms with Gasteiger partial charge < -0.3 is 10.6 Å². The second kappa shape index (κ2) is 6.93. The fraction of sp³-hybridized carbons (Fsp3) is 0.727. The summed E-state index contributed by atoms with van der Waals surface area (Å²) in [6.45, 7) is 10.6. The summed E-state index contributed by atoms with van der Waals surface area (Å²) < 4.78 is 0. The van der Waals surface area contributed by atoms with E-state index in [0.29, 0.717) is 0 Å². The van der Waals surface area contributed by atoms with Crippen LogP contribution in [0.1, 0.15) is 24.4 Å². The third-order valence-electron chi connectivity index (χ3n) is 2.16. The van der Waals surface area contributed by atoms with Gasteiger partial charge in [0.1, 0.15) is 0 Å². The van der Waals surface area contributed by atoms with Crippen molar-refractivity contribution < 1.29 is 0 Å². The maximum atomic E-state index is 4.22. The zero-order valence-corrected chi connectivity index (χ0v) is 10.7. The normalized spacial score (nSPS) is 11.2. The largest absolute Gasteiger partial charge is 0.315 e. The highest BCUT2D eigenvalue weighted by atomic mass is 32.1. The smallest absolute Gasteiger partial charge is 0.0798 e. The van der Waals surface area contributed by atoms with Crippen molar-refractivity contribution in [3.8, 4) is 0 Å². The van der Waals surface area contributed by atoms with Gasteiger partial charge in [-0.05, 0) is 19.4 Å². The third-order valence-corrected chi connectivity index (χ3v) is 3.10. The van der Waals surface area contributed by atoms with Gasteiger partial charge in [0.2, 0.25) is 0 Å². The summed E-state index contributed by atoms with van der Waals surface area (Å²) in [4.78, 5) is 5.56. The molecule has 0 bridgehead atoms. The molecular formula is C11H21N3S. The number of aryl methyl sites for hydroxylation is 1. The third kappa shape index (κ3) is 5.25. The predicted octanol–water partition coefficient (Wildman–Crippen LogP) is 1.79. The quantitative estimate of drug-likeness (QED) is 0.697. The number of thiazole rings is 1. The van der Waals surface area contributed by atoms with Gasteiger partial charge in [-0.25, -0.2) is 4.98 Å². The molecule has 2 N–H and O–H groups in total. The molecule has 0 amide bonds. The lowest BCUT2D eigenvalue weighted by atomic mass is 10.2. The van der Waals surface area contributed by atoms with Crippen LogP contribution < -0.4 is 10.6 Å². The highest BCUT2D eigenvalue weighted by molar-refractivity contribution is 7.09. The Kier molecular flexibility index (Phi) is 5.83. The van der Waals surface area contributed by atoms with Gasteiger partial charge in [0.05, 0.1) is 11.2 Å². The molecule has 0 aliphatic rings. The number of nitrogens with zero attached hydrogens (tertiary/aromatic N) is 1. The number of nitrogens with one attached hydrogen (secondary N) is 2. The molecule has 0 aliphatic heterocycles. The molecule has 1 heterocycles. The summed E-state index contributed by atoms with van der Waals surface area (Å²) in [5.74, 6) is 0.730. The summed E-state index contributed by atoms with van der Waals surface area (Å²) in [6.07, 6.45) is 0. The molecule has 15 heavy (non-hydrogen) atoms. The monoisotopic (exact) mass is 227 g/mol. The Labute approximate surface area is 96.3 Å². The van der Waals surface area contributed by atoms with Crippen LogP contribution in [0.25, 0.3) is 0 Å². The van der Waals surface area contributed by atoms with Crippen LogP contribution in [0.2, 0.25) is 0 Å². The Hall–Kier alpha value is -0.450. The molecule has 3 nitrogen and oxygen atoms in total. The van der Waals surface area contributed by atoms with Crippen LogP contribution in [0.4, 0.5) is 0 Å². The zero-order chi connectivity index (χ0) is 11.1. The van der Waals surface area contributed by atoms with E-state index < -0.39 is 0 Å². The molecule has 0 atom stereocenters. The van der Waals surface area contributed by atoms with E-state index in [1.807, 2.05) is 5.51 Å². The number of aromatic nitrogens is 1. The summed E-state index contributed by atoms with van der Waals surface area (Å²) in [5.41, 5.74) is 3.06. The standard InChI is InChI=1S/C11H21N3S/c1-9(2)6-12-4-5-13-7-11-10(3)14-8-15-11/h8-9,12-13H,4-7H2,1-3H3. The zero-order valence-electron chi connectivity index (χ0n) is 9.84. The van der Waals surface area contributed by atoms with Crippen molar-refractivity contribution in [2.45, 2.75) is 27.3 Å². The van der Waals surface area contributed by atoms with E-state index >= 15 is 0 Å². The minimum absolute atomic E-state index is 0.730. The summed E-state index contributed by atoms with van der Waals surface area (Å²) >= 11 is 1.72. The van der Waals surface area contributed by atoms with Crippen molar-refractivity contribution in [3.63, 3.8) is 0 Å². The number of rotatable bonds is 7.